The van der Waals surface area contributed by atoms with Crippen LogP contribution in [0.1, 0.15) is 26.2 Å². The lowest BCUT2D eigenvalue weighted by molar-refractivity contribution is -0.131. The summed E-state index contributed by atoms with van der Waals surface area (Å²) in [6, 6.07) is -1.70. The molecule has 0 aliphatic heterocycles. The molecule has 0 aromatic carbocycles. The highest BCUT2D eigenvalue weighted by atomic mass is 16.2. The fourth-order valence-electron chi connectivity index (χ4n) is 1.68. The van der Waals surface area contributed by atoms with Gasteiger partial charge in [0.1, 0.15) is 12.1 Å². The number of amides is 4. The summed E-state index contributed by atoms with van der Waals surface area (Å²) < 4.78 is 0. The molecule has 0 spiro atoms. The van der Waals surface area contributed by atoms with Crippen LogP contribution in [0.3, 0.4) is 0 Å². The summed E-state index contributed by atoms with van der Waals surface area (Å²) in [6.45, 7) is 1.42. The molecule has 0 radical (unpaired) electrons. The number of carbonyl (C=O) groups excluding carboxylic acids is 4. The number of hydrogen-bond donors (Lipinski definition) is 6. The fourth-order valence-corrected chi connectivity index (χ4v) is 1.68. The van der Waals surface area contributed by atoms with Crippen molar-refractivity contribution in [3.8, 4) is 0 Å². The number of rotatable bonds is 11. The van der Waals surface area contributed by atoms with Gasteiger partial charge >= 0.3 is 0 Å². The van der Waals surface area contributed by atoms with E-state index < -0.39 is 35.7 Å². The summed E-state index contributed by atoms with van der Waals surface area (Å²) >= 11 is 0. The molecule has 0 saturated carbocycles. The van der Waals surface area contributed by atoms with E-state index in [1.54, 1.807) is 0 Å². The topological polar surface area (TPSA) is 182 Å². The van der Waals surface area contributed by atoms with E-state index in [0.717, 1.165) is 0 Å². The van der Waals surface area contributed by atoms with Crippen LogP contribution in [0.5, 0.6) is 0 Å². The lowest BCUT2D eigenvalue weighted by atomic mass is 10.1. The van der Waals surface area contributed by atoms with E-state index in [4.69, 9.17) is 17.2 Å². The zero-order valence-corrected chi connectivity index (χ0v) is 13.3. The molecule has 9 N–H and O–H groups in total. The Morgan fingerprint density at radius 1 is 1.00 bits per heavy atom. The zero-order chi connectivity index (χ0) is 17.8. The Balaban J connectivity index is 4.31. The maximum absolute atomic E-state index is 12.0. The first-order valence-corrected chi connectivity index (χ1v) is 7.37. The predicted octanol–water partition coefficient (Wildman–Crippen LogP) is -3.33. The number of carbonyl (C=O) groups is 4. The summed E-state index contributed by atoms with van der Waals surface area (Å²) in [6.07, 6.45) is 1.74. The molecule has 0 aromatic heterocycles. The molecular formula is C13H26N6O4. The van der Waals surface area contributed by atoms with Crippen molar-refractivity contribution in [3.63, 3.8) is 0 Å². The van der Waals surface area contributed by atoms with Crippen molar-refractivity contribution in [3.05, 3.63) is 0 Å². The molecule has 0 rings (SSSR count). The quantitative estimate of drug-likeness (QED) is 0.215. The van der Waals surface area contributed by atoms with Gasteiger partial charge in [-0.05, 0) is 32.7 Å². The SMILES string of the molecule is C[C@H](NC(=O)CNC(=O)CN)C(=O)N[C@@H](CCCCN)C(N)=O. The number of nitrogens with two attached hydrogens (primary N) is 3. The lowest BCUT2D eigenvalue weighted by Crippen LogP contribution is -2.53. The normalized spacial score (nSPS) is 12.8. The van der Waals surface area contributed by atoms with E-state index in [9.17, 15) is 19.2 Å². The van der Waals surface area contributed by atoms with E-state index in [0.29, 0.717) is 25.8 Å². The van der Waals surface area contributed by atoms with E-state index in [1.165, 1.54) is 6.92 Å². The second-order valence-corrected chi connectivity index (χ2v) is 5.02. The maximum Gasteiger partial charge on any atom is 0.242 e. The molecule has 0 heterocycles. The van der Waals surface area contributed by atoms with E-state index in [1.807, 2.05) is 0 Å². The Morgan fingerprint density at radius 2 is 1.65 bits per heavy atom. The standard InChI is InChI=1S/C13H26N6O4/c1-8(18-11(21)7-17-10(20)6-15)13(23)19-9(12(16)22)4-2-3-5-14/h8-9H,2-7,14-15H2,1H3,(H2,16,22)(H,17,20)(H,18,21)(H,19,23)/t8-,9-/m0/s1. The van der Waals surface area contributed by atoms with Crippen molar-refractivity contribution in [2.75, 3.05) is 19.6 Å². The summed E-state index contributed by atoms with van der Waals surface area (Å²) in [5.74, 6) is -2.22. The number of unbranched alkanes of at least 4 members (excludes halogenated alkanes) is 1. The van der Waals surface area contributed by atoms with Crippen molar-refractivity contribution in [1.29, 1.82) is 0 Å². The van der Waals surface area contributed by atoms with Gasteiger partial charge in [-0.25, -0.2) is 0 Å². The molecule has 132 valence electrons. The first-order chi connectivity index (χ1) is 10.8. The smallest absolute Gasteiger partial charge is 0.242 e. The average Bonchev–Trinajstić information content (AvgIpc) is 2.51. The van der Waals surface area contributed by atoms with Gasteiger partial charge in [-0.15, -0.1) is 0 Å². The predicted molar refractivity (Wildman–Crippen MR) is 83.7 cm³/mol. The molecule has 0 saturated heterocycles. The Kier molecular flexibility index (Phi) is 10.3. The van der Waals surface area contributed by atoms with Crippen LogP contribution in [0, 0.1) is 0 Å². The third kappa shape index (κ3) is 9.42. The van der Waals surface area contributed by atoms with E-state index in [2.05, 4.69) is 16.0 Å². The third-order valence-corrected chi connectivity index (χ3v) is 3.01. The minimum Gasteiger partial charge on any atom is -0.368 e. The second kappa shape index (κ2) is 11.4. The molecule has 0 aromatic rings. The average molecular weight is 330 g/mol. The van der Waals surface area contributed by atoms with Crippen LogP contribution < -0.4 is 33.2 Å². The molecular weight excluding hydrogens is 304 g/mol. The monoisotopic (exact) mass is 330 g/mol. The fraction of sp³-hybridized carbons (Fsp3) is 0.692. The Bertz CT molecular complexity index is 429. The molecule has 0 unspecified atom stereocenters. The van der Waals surface area contributed by atoms with Gasteiger partial charge in [0.2, 0.25) is 23.6 Å². The second-order valence-electron chi connectivity index (χ2n) is 5.02. The molecule has 4 amide bonds. The maximum atomic E-state index is 12.0. The summed E-state index contributed by atoms with van der Waals surface area (Å²) in [4.78, 5) is 45.8. The highest BCUT2D eigenvalue weighted by Crippen LogP contribution is 2.00. The van der Waals surface area contributed by atoms with E-state index in [-0.39, 0.29) is 13.1 Å². The highest BCUT2D eigenvalue weighted by Gasteiger charge is 2.22. The Hall–Kier alpha value is -2.20. The van der Waals surface area contributed by atoms with Gasteiger partial charge in [-0.3, -0.25) is 19.2 Å². The summed E-state index contributed by atoms with van der Waals surface area (Å²) in [5, 5.41) is 7.15. The van der Waals surface area contributed by atoms with Crippen LogP contribution in [0.15, 0.2) is 0 Å². The van der Waals surface area contributed by atoms with Crippen LogP contribution in [0.2, 0.25) is 0 Å². The molecule has 10 heteroatoms. The minimum atomic E-state index is -0.881. The van der Waals surface area contributed by atoms with Crippen LogP contribution in [0.25, 0.3) is 0 Å². The van der Waals surface area contributed by atoms with Crippen molar-refractivity contribution in [1.82, 2.24) is 16.0 Å². The molecule has 2 atom stereocenters. The van der Waals surface area contributed by atoms with Crippen molar-refractivity contribution < 1.29 is 19.2 Å². The van der Waals surface area contributed by atoms with Crippen LogP contribution >= 0.6 is 0 Å². The van der Waals surface area contributed by atoms with Crippen LogP contribution in [-0.2, 0) is 19.2 Å². The molecule has 0 fully saturated rings. The Labute approximate surface area is 134 Å². The van der Waals surface area contributed by atoms with E-state index >= 15 is 0 Å². The molecule has 0 aliphatic rings. The van der Waals surface area contributed by atoms with Crippen molar-refractivity contribution >= 4 is 23.6 Å². The van der Waals surface area contributed by atoms with Gasteiger partial charge in [-0.1, -0.05) is 0 Å². The summed E-state index contributed by atoms with van der Waals surface area (Å²) in [5.41, 5.74) is 15.7. The van der Waals surface area contributed by atoms with Gasteiger partial charge in [0, 0.05) is 0 Å². The van der Waals surface area contributed by atoms with Gasteiger partial charge < -0.3 is 33.2 Å². The summed E-state index contributed by atoms with van der Waals surface area (Å²) in [7, 11) is 0. The van der Waals surface area contributed by atoms with Crippen LogP contribution in [0.4, 0.5) is 0 Å². The lowest BCUT2D eigenvalue weighted by Gasteiger charge is -2.19. The minimum absolute atomic E-state index is 0.230. The third-order valence-electron chi connectivity index (χ3n) is 3.01. The number of hydrogen-bond acceptors (Lipinski definition) is 6. The Morgan fingerprint density at radius 3 is 2.17 bits per heavy atom. The van der Waals surface area contributed by atoms with Gasteiger partial charge in [-0.2, -0.15) is 0 Å². The van der Waals surface area contributed by atoms with Gasteiger partial charge in [0.25, 0.3) is 0 Å². The van der Waals surface area contributed by atoms with Crippen molar-refractivity contribution in [2.45, 2.75) is 38.3 Å². The first-order valence-electron chi connectivity index (χ1n) is 7.37. The van der Waals surface area contributed by atoms with Crippen molar-refractivity contribution in [2.24, 2.45) is 17.2 Å². The largest absolute Gasteiger partial charge is 0.368 e. The number of nitrogens with one attached hydrogen (secondary N) is 3. The van der Waals surface area contributed by atoms with Gasteiger partial charge in [0.05, 0.1) is 13.1 Å². The molecule has 10 nitrogen and oxygen atoms in total. The van der Waals surface area contributed by atoms with Crippen LogP contribution in [-0.4, -0.2) is 55.3 Å². The number of primary amides is 1. The first kappa shape index (κ1) is 20.8. The van der Waals surface area contributed by atoms with Gasteiger partial charge in [0.15, 0.2) is 0 Å². The molecule has 23 heavy (non-hydrogen) atoms. The highest BCUT2D eigenvalue weighted by molar-refractivity contribution is 5.92. The molecule has 0 aliphatic carbocycles. The molecule has 0 bridgehead atoms. The zero-order valence-electron chi connectivity index (χ0n) is 13.3.